The van der Waals surface area contributed by atoms with Crippen molar-refractivity contribution in [1.82, 2.24) is 19.7 Å². The fourth-order valence-corrected chi connectivity index (χ4v) is 2.69. The molecule has 0 bridgehead atoms. The number of rotatable bonds is 4. The molecule has 0 amide bonds. The summed E-state index contributed by atoms with van der Waals surface area (Å²) in [5.41, 5.74) is 0.968. The van der Waals surface area contributed by atoms with Gasteiger partial charge in [0.2, 0.25) is 5.82 Å². The number of ether oxygens (including phenoxy) is 1. The Bertz CT molecular complexity index is 590. The first-order chi connectivity index (χ1) is 9.04. The van der Waals surface area contributed by atoms with E-state index in [0.717, 1.165) is 10.7 Å². The van der Waals surface area contributed by atoms with E-state index >= 15 is 0 Å². The molecule has 2 heterocycles. The lowest BCUT2D eigenvalue weighted by atomic mass is 10.3. The Hall–Kier alpha value is -1.76. The summed E-state index contributed by atoms with van der Waals surface area (Å²) in [4.78, 5) is 16.3. The molecule has 0 N–H and O–H groups in total. The molecule has 7 heteroatoms. The van der Waals surface area contributed by atoms with Gasteiger partial charge in [0.15, 0.2) is 0 Å². The predicted molar refractivity (Wildman–Crippen MR) is 71.4 cm³/mol. The lowest BCUT2D eigenvalue weighted by Gasteiger charge is -2.14. The van der Waals surface area contributed by atoms with Crippen molar-refractivity contribution in [3.05, 3.63) is 27.7 Å². The Kier molecular flexibility index (Phi) is 3.94. The standard InChI is InChI=1S/C12H16N4O2S/c1-5-18-12(17)10-15-14-9(4)16(10)8(3)11-13-7(2)6-19-11/h6,8H,5H2,1-4H3. The highest BCUT2D eigenvalue weighted by Crippen LogP contribution is 2.24. The smallest absolute Gasteiger partial charge is 0.376 e. The van der Waals surface area contributed by atoms with Crippen molar-refractivity contribution in [3.8, 4) is 0 Å². The zero-order valence-corrected chi connectivity index (χ0v) is 12.2. The number of hydrogen-bond donors (Lipinski definition) is 0. The van der Waals surface area contributed by atoms with E-state index in [-0.39, 0.29) is 11.9 Å². The van der Waals surface area contributed by atoms with Gasteiger partial charge in [-0.05, 0) is 27.7 Å². The number of carbonyl (C=O) groups excluding carboxylic acids is 1. The van der Waals surface area contributed by atoms with E-state index in [0.29, 0.717) is 12.4 Å². The van der Waals surface area contributed by atoms with Crippen molar-refractivity contribution in [1.29, 1.82) is 0 Å². The molecule has 0 fully saturated rings. The van der Waals surface area contributed by atoms with Gasteiger partial charge in [-0.1, -0.05) is 0 Å². The second-order valence-electron chi connectivity index (χ2n) is 4.16. The van der Waals surface area contributed by atoms with Crippen LogP contribution in [0.15, 0.2) is 5.38 Å². The van der Waals surface area contributed by atoms with Gasteiger partial charge in [0.25, 0.3) is 0 Å². The lowest BCUT2D eigenvalue weighted by Crippen LogP contribution is -2.18. The fraction of sp³-hybridized carbons (Fsp3) is 0.500. The normalized spacial score (nSPS) is 12.4. The molecule has 6 nitrogen and oxygen atoms in total. The summed E-state index contributed by atoms with van der Waals surface area (Å²) in [7, 11) is 0. The lowest BCUT2D eigenvalue weighted by molar-refractivity contribution is 0.0504. The number of hydrogen-bond acceptors (Lipinski definition) is 6. The number of aryl methyl sites for hydroxylation is 2. The molecule has 2 aromatic heterocycles. The Balaban J connectivity index is 2.38. The molecule has 102 valence electrons. The topological polar surface area (TPSA) is 69.9 Å². The molecule has 1 atom stereocenters. The average Bonchev–Trinajstić information content (AvgIpc) is 2.95. The van der Waals surface area contributed by atoms with Crippen molar-refractivity contribution < 1.29 is 9.53 Å². The summed E-state index contributed by atoms with van der Waals surface area (Å²) in [6.07, 6.45) is 0. The Morgan fingerprint density at radius 1 is 1.47 bits per heavy atom. The Labute approximate surface area is 115 Å². The Morgan fingerprint density at radius 2 is 2.21 bits per heavy atom. The van der Waals surface area contributed by atoms with Crippen LogP contribution in [0, 0.1) is 13.8 Å². The summed E-state index contributed by atoms with van der Waals surface area (Å²) >= 11 is 1.56. The molecule has 0 spiro atoms. The van der Waals surface area contributed by atoms with Gasteiger partial charge in [-0.3, -0.25) is 4.57 Å². The highest BCUT2D eigenvalue weighted by molar-refractivity contribution is 7.09. The van der Waals surface area contributed by atoms with E-state index in [1.54, 1.807) is 22.8 Å². The van der Waals surface area contributed by atoms with E-state index in [9.17, 15) is 4.79 Å². The number of nitrogens with zero attached hydrogens (tertiary/aromatic N) is 4. The quantitative estimate of drug-likeness (QED) is 0.802. The first kappa shape index (κ1) is 13.7. The highest BCUT2D eigenvalue weighted by Gasteiger charge is 2.24. The third kappa shape index (κ3) is 2.65. The maximum absolute atomic E-state index is 11.9. The van der Waals surface area contributed by atoms with E-state index in [1.165, 1.54) is 0 Å². The summed E-state index contributed by atoms with van der Waals surface area (Å²) in [6.45, 7) is 7.80. The van der Waals surface area contributed by atoms with Crippen molar-refractivity contribution in [2.24, 2.45) is 0 Å². The first-order valence-electron chi connectivity index (χ1n) is 6.05. The maximum Gasteiger partial charge on any atom is 0.376 e. The van der Waals surface area contributed by atoms with E-state index in [2.05, 4.69) is 15.2 Å². The average molecular weight is 280 g/mol. The minimum absolute atomic E-state index is 0.0897. The van der Waals surface area contributed by atoms with Crippen molar-refractivity contribution in [2.75, 3.05) is 6.61 Å². The van der Waals surface area contributed by atoms with Crippen molar-refractivity contribution >= 4 is 17.3 Å². The minimum atomic E-state index is -0.455. The maximum atomic E-state index is 11.9. The van der Waals surface area contributed by atoms with Gasteiger partial charge in [0, 0.05) is 11.1 Å². The van der Waals surface area contributed by atoms with Gasteiger partial charge >= 0.3 is 5.97 Å². The van der Waals surface area contributed by atoms with Crippen LogP contribution in [-0.2, 0) is 4.74 Å². The predicted octanol–water partition coefficient (Wildman–Crippen LogP) is 2.14. The fourth-order valence-electron chi connectivity index (χ4n) is 1.84. The van der Waals surface area contributed by atoms with Crippen LogP contribution in [0.1, 0.15) is 47.0 Å². The first-order valence-corrected chi connectivity index (χ1v) is 6.93. The van der Waals surface area contributed by atoms with Crippen LogP contribution in [0.3, 0.4) is 0 Å². The molecule has 0 aliphatic heterocycles. The molecule has 19 heavy (non-hydrogen) atoms. The third-order valence-electron chi connectivity index (χ3n) is 2.71. The molecule has 2 aromatic rings. The van der Waals surface area contributed by atoms with Gasteiger partial charge in [-0.15, -0.1) is 21.5 Å². The number of carbonyl (C=O) groups is 1. The molecule has 1 unspecified atom stereocenters. The zero-order valence-electron chi connectivity index (χ0n) is 11.4. The zero-order chi connectivity index (χ0) is 14.0. The van der Waals surface area contributed by atoms with E-state index < -0.39 is 5.97 Å². The minimum Gasteiger partial charge on any atom is -0.460 e. The largest absolute Gasteiger partial charge is 0.460 e. The van der Waals surface area contributed by atoms with Crippen LogP contribution in [0.2, 0.25) is 0 Å². The van der Waals surface area contributed by atoms with Crippen molar-refractivity contribution in [3.63, 3.8) is 0 Å². The van der Waals surface area contributed by atoms with Crippen LogP contribution in [0.5, 0.6) is 0 Å². The second-order valence-corrected chi connectivity index (χ2v) is 5.05. The summed E-state index contributed by atoms with van der Waals surface area (Å²) in [6, 6.07) is -0.0897. The van der Waals surface area contributed by atoms with Crippen molar-refractivity contribution in [2.45, 2.75) is 33.7 Å². The van der Waals surface area contributed by atoms with E-state index in [1.807, 2.05) is 26.2 Å². The van der Waals surface area contributed by atoms with Gasteiger partial charge in [0.05, 0.1) is 12.6 Å². The molecular formula is C12H16N4O2S. The molecule has 0 aromatic carbocycles. The molecule has 0 radical (unpaired) electrons. The van der Waals surface area contributed by atoms with Gasteiger partial charge in [-0.25, -0.2) is 9.78 Å². The van der Waals surface area contributed by atoms with Crippen LogP contribution >= 0.6 is 11.3 Å². The van der Waals surface area contributed by atoms with Crippen LogP contribution in [-0.4, -0.2) is 32.3 Å². The van der Waals surface area contributed by atoms with Crippen LogP contribution < -0.4 is 0 Å². The highest BCUT2D eigenvalue weighted by atomic mass is 32.1. The molecule has 0 saturated carbocycles. The summed E-state index contributed by atoms with van der Waals surface area (Å²) < 4.78 is 6.75. The Morgan fingerprint density at radius 3 is 2.79 bits per heavy atom. The molecular weight excluding hydrogens is 264 g/mol. The van der Waals surface area contributed by atoms with Gasteiger partial charge in [0.1, 0.15) is 10.8 Å². The summed E-state index contributed by atoms with van der Waals surface area (Å²) in [5.74, 6) is 0.436. The van der Waals surface area contributed by atoms with Gasteiger partial charge in [-0.2, -0.15) is 0 Å². The number of aromatic nitrogens is 4. The van der Waals surface area contributed by atoms with Crippen LogP contribution in [0.4, 0.5) is 0 Å². The van der Waals surface area contributed by atoms with E-state index in [4.69, 9.17) is 4.74 Å². The van der Waals surface area contributed by atoms with Crippen LogP contribution in [0.25, 0.3) is 0 Å². The molecule has 0 aliphatic carbocycles. The monoisotopic (exact) mass is 280 g/mol. The molecule has 0 saturated heterocycles. The number of esters is 1. The molecule has 2 rings (SSSR count). The second kappa shape index (κ2) is 5.48. The summed E-state index contributed by atoms with van der Waals surface area (Å²) in [5, 5.41) is 10.8. The SMILES string of the molecule is CCOC(=O)c1nnc(C)n1C(C)c1nc(C)cs1. The number of thiazole rings is 1. The van der Waals surface area contributed by atoms with Gasteiger partial charge < -0.3 is 4.74 Å². The third-order valence-corrected chi connectivity index (χ3v) is 3.84. The molecule has 0 aliphatic rings.